The van der Waals surface area contributed by atoms with Gasteiger partial charge in [-0.25, -0.2) is 9.97 Å². The summed E-state index contributed by atoms with van der Waals surface area (Å²) in [6, 6.07) is 12.2. The van der Waals surface area contributed by atoms with Crippen molar-refractivity contribution in [3.63, 3.8) is 0 Å². The number of hydrogen-bond acceptors (Lipinski definition) is 6. The zero-order chi connectivity index (χ0) is 23.2. The van der Waals surface area contributed by atoms with E-state index in [1.54, 1.807) is 13.0 Å². The van der Waals surface area contributed by atoms with Gasteiger partial charge in [-0.1, -0.05) is 12.1 Å². The normalized spacial score (nSPS) is 22.5. The van der Waals surface area contributed by atoms with Crippen LogP contribution in [0.1, 0.15) is 35.5 Å². The highest BCUT2D eigenvalue weighted by molar-refractivity contribution is 7.18. The molecule has 2 aromatic heterocycles. The molecule has 1 saturated heterocycles. The Balaban J connectivity index is 1.26. The predicted molar refractivity (Wildman–Crippen MR) is 124 cm³/mol. The third-order valence-electron chi connectivity index (χ3n) is 6.61. The number of alkyl halides is 3. The highest BCUT2D eigenvalue weighted by atomic mass is 32.1. The first-order valence-electron chi connectivity index (χ1n) is 11.0. The van der Waals surface area contributed by atoms with Crippen molar-refractivity contribution in [2.75, 3.05) is 23.3 Å². The van der Waals surface area contributed by atoms with Crippen LogP contribution >= 0.6 is 11.3 Å². The van der Waals surface area contributed by atoms with Gasteiger partial charge in [0.1, 0.15) is 16.5 Å². The number of aromatic nitrogens is 2. The van der Waals surface area contributed by atoms with Gasteiger partial charge in [-0.15, -0.1) is 11.3 Å². The number of halogens is 3. The lowest BCUT2D eigenvalue weighted by Crippen LogP contribution is -2.46. The molecule has 1 N–H and O–H groups in total. The molecule has 1 aliphatic carbocycles. The Hall–Kier alpha value is -2.86. The van der Waals surface area contributed by atoms with E-state index in [1.807, 2.05) is 24.3 Å². The quantitative estimate of drug-likeness (QED) is 0.522. The lowest BCUT2D eigenvalue weighted by Gasteiger charge is -2.46. The van der Waals surface area contributed by atoms with Crippen molar-refractivity contribution in [3.05, 3.63) is 46.6 Å². The Bertz CT molecular complexity index is 1210. The van der Waals surface area contributed by atoms with Crippen molar-refractivity contribution in [3.8, 4) is 6.07 Å². The largest absolute Gasteiger partial charge is 0.393 e. The Morgan fingerprint density at radius 2 is 2.00 bits per heavy atom. The summed E-state index contributed by atoms with van der Waals surface area (Å²) in [6.45, 7) is 3.51. The molecule has 33 heavy (non-hydrogen) atoms. The fourth-order valence-corrected chi connectivity index (χ4v) is 6.27. The van der Waals surface area contributed by atoms with Crippen LogP contribution in [0, 0.1) is 23.7 Å². The fraction of sp³-hybridized carbons (Fsp3) is 0.458. The van der Waals surface area contributed by atoms with E-state index < -0.39 is 12.6 Å². The first-order valence-corrected chi connectivity index (χ1v) is 11.8. The van der Waals surface area contributed by atoms with Crippen LogP contribution in [0.15, 0.2) is 30.3 Å². The lowest BCUT2D eigenvalue weighted by atomic mass is 9.65. The van der Waals surface area contributed by atoms with Crippen LogP contribution in [-0.4, -0.2) is 35.3 Å². The van der Waals surface area contributed by atoms with Gasteiger partial charge in [-0.05, 0) is 55.4 Å². The molecule has 1 aromatic carbocycles. The molecule has 2 aliphatic rings. The van der Waals surface area contributed by atoms with E-state index in [9.17, 15) is 13.2 Å². The summed E-state index contributed by atoms with van der Waals surface area (Å²) in [5.74, 6) is 1.36. The topological polar surface area (TPSA) is 64.8 Å². The second-order valence-electron chi connectivity index (χ2n) is 9.27. The van der Waals surface area contributed by atoms with E-state index in [2.05, 4.69) is 26.3 Å². The number of nitrogens with zero attached hydrogens (tertiary/aromatic N) is 4. The van der Waals surface area contributed by atoms with Crippen molar-refractivity contribution in [1.29, 1.82) is 5.26 Å². The van der Waals surface area contributed by atoms with E-state index in [0.717, 1.165) is 66.1 Å². The second kappa shape index (κ2) is 8.17. The van der Waals surface area contributed by atoms with Crippen molar-refractivity contribution in [2.24, 2.45) is 5.41 Å². The molecule has 0 atom stereocenters. The van der Waals surface area contributed by atoms with E-state index in [1.165, 1.54) is 0 Å². The minimum atomic E-state index is -4.23. The molecule has 1 spiro atoms. The Kier molecular flexibility index (Phi) is 5.44. The summed E-state index contributed by atoms with van der Waals surface area (Å²) in [5.41, 5.74) is 2.29. The molecule has 3 aromatic rings. The first-order chi connectivity index (χ1) is 15.7. The van der Waals surface area contributed by atoms with Gasteiger partial charge in [0.05, 0.1) is 24.3 Å². The van der Waals surface area contributed by atoms with Gasteiger partial charge in [0.25, 0.3) is 0 Å². The Morgan fingerprint density at radius 1 is 1.24 bits per heavy atom. The highest BCUT2D eigenvalue weighted by Crippen LogP contribution is 2.50. The van der Waals surface area contributed by atoms with Gasteiger partial charge in [0.15, 0.2) is 0 Å². The molecule has 0 bridgehead atoms. The van der Waals surface area contributed by atoms with Gasteiger partial charge in [-0.3, -0.25) is 0 Å². The number of nitriles is 1. The molecule has 5 nitrogen and oxygen atoms in total. The lowest BCUT2D eigenvalue weighted by molar-refractivity contribution is -0.126. The van der Waals surface area contributed by atoms with Gasteiger partial charge < -0.3 is 10.2 Å². The van der Waals surface area contributed by atoms with Crippen molar-refractivity contribution >= 4 is 33.1 Å². The summed E-state index contributed by atoms with van der Waals surface area (Å²) >= 11 is 1.11. The molecule has 9 heteroatoms. The number of benzene rings is 1. The van der Waals surface area contributed by atoms with Crippen LogP contribution in [0.5, 0.6) is 0 Å². The van der Waals surface area contributed by atoms with Crippen LogP contribution in [-0.2, 0) is 12.8 Å². The average molecular weight is 472 g/mol. The number of hydrogen-bond donors (Lipinski definition) is 1. The average Bonchev–Trinajstić information content (AvgIpc) is 3.31. The zero-order valence-electron chi connectivity index (χ0n) is 18.2. The van der Waals surface area contributed by atoms with E-state index in [0.29, 0.717) is 23.1 Å². The molecule has 3 heterocycles. The first kappa shape index (κ1) is 22.0. The molecule has 5 rings (SSSR count). The maximum atomic E-state index is 12.9. The number of thiophene rings is 1. The maximum absolute atomic E-state index is 12.9. The van der Waals surface area contributed by atoms with Crippen molar-refractivity contribution in [1.82, 2.24) is 9.97 Å². The van der Waals surface area contributed by atoms with Gasteiger partial charge in [-0.2, -0.15) is 18.4 Å². The zero-order valence-corrected chi connectivity index (χ0v) is 19.1. The van der Waals surface area contributed by atoms with Crippen LogP contribution in [0.4, 0.5) is 24.7 Å². The molecule has 0 unspecified atom stereocenters. The summed E-state index contributed by atoms with van der Waals surface area (Å²) < 4.78 is 38.7. The molecule has 2 fully saturated rings. The summed E-state index contributed by atoms with van der Waals surface area (Å²) in [4.78, 5) is 12.2. The van der Waals surface area contributed by atoms with Gasteiger partial charge in [0.2, 0.25) is 0 Å². The highest BCUT2D eigenvalue weighted by Gasteiger charge is 2.49. The Labute approximate surface area is 194 Å². The number of anilines is 2. The summed E-state index contributed by atoms with van der Waals surface area (Å²) in [7, 11) is 0. The molecule has 172 valence electrons. The number of nitrogens with one attached hydrogen (secondary N) is 1. The SMILES string of the molecule is Cc1nc(N2CCC3(CC(Nc4ccc(CC#N)cc4)C3)C2)c2cc(CC(F)(F)F)sc2n1. The monoisotopic (exact) mass is 471 g/mol. The van der Waals surface area contributed by atoms with E-state index in [4.69, 9.17) is 5.26 Å². The standard InChI is InChI=1S/C24H24F3N5S/c1-15-29-21(20-10-19(13-24(25,26)27)33-22(20)30-15)32-9-7-23(14-32)11-18(12-23)31-17-4-2-16(3-5-17)6-8-28/h2-5,10,18,31H,6-7,9,11-14H2,1H3. The van der Waals surface area contributed by atoms with Crippen molar-refractivity contribution in [2.45, 2.75) is 51.2 Å². The molecule has 1 aliphatic heterocycles. The molecule has 0 amide bonds. The molecular weight excluding hydrogens is 447 g/mol. The van der Waals surface area contributed by atoms with E-state index in [-0.39, 0.29) is 10.3 Å². The van der Waals surface area contributed by atoms with Crippen molar-refractivity contribution < 1.29 is 13.2 Å². The predicted octanol–water partition coefficient (Wildman–Crippen LogP) is 5.64. The summed E-state index contributed by atoms with van der Waals surface area (Å²) in [6.07, 6.45) is -1.58. The van der Waals surface area contributed by atoms with Crippen LogP contribution in [0.3, 0.4) is 0 Å². The minimum absolute atomic E-state index is 0.217. The fourth-order valence-electron chi connectivity index (χ4n) is 5.17. The summed E-state index contributed by atoms with van der Waals surface area (Å²) in [5, 5.41) is 13.1. The Morgan fingerprint density at radius 3 is 2.70 bits per heavy atom. The third kappa shape index (κ3) is 4.62. The molecule has 1 saturated carbocycles. The third-order valence-corrected chi connectivity index (χ3v) is 7.64. The van der Waals surface area contributed by atoms with E-state index >= 15 is 0 Å². The molecule has 0 radical (unpaired) electrons. The molecular formula is C24H24F3N5S. The van der Waals surface area contributed by atoms with Gasteiger partial charge in [0, 0.05) is 29.7 Å². The second-order valence-corrected chi connectivity index (χ2v) is 10.4. The maximum Gasteiger partial charge on any atom is 0.393 e. The smallest absolute Gasteiger partial charge is 0.382 e. The van der Waals surface area contributed by atoms with Crippen LogP contribution in [0.25, 0.3) is 10.2 Å². The van der Waals surface area contributed by atoms with Crippen LogP contribution in [0.2, 0.25) is 0 Å². The van der Waals surface area contributed by atoms with Gasteiger partial charge >= 0.3 is 6.18 Å². The number of rotatable bonds is 5. The number of fused-ring (bicyclic) bond motifs is 1. The van der Waals surface area contributed by atoms with Crippen LogP contribution < -0.4 is 10.2 Å². The number of aryl methyl sites for hydroxylation is 1. The minimum Gasteiger partial charge on any atom is -0.382 e.